The summed E-state index contributed by atoms with van der Waals surface area (Å²) in [6, 6.07) is 19.6. The number of nitrogens with zero attached hydrogens (tertiary/aromatic N) is 4. The van der Waals surface area contributed by atoms with Gasteiger partial charge in [0.05, 0.1) is 0 Å². The van der Waals surface area contributed by atoms with Crippen LogP contribution in [0.4, 0.5) is 0 Å². The van der Waals surface area contributed by atoms with E-state index in [0.29, 0.717) is 10.8 Å². The summed E-state index contributed by atoms with van der Waals surface area (Å²) in [5.74, 6) is 0.781. The van der Waals surface area contributed by atoms with Gasteiger partial charge in [0.15, 0.2) is 5.16 Å². The molecule has 0 saturated heterocycles. The topological polar surface area (TPSA) is 52.2 Å². The number of hydrogen-bond donors (Lipinski definition) is 0. The van der Waals surface area contributed by atoms with E-state index in [9.17, 15) is 4.79 Å². The molecule has 2 aromatic heterocycles. The SMILES string of the molecule is O=c1c2nnc(SCc3ccccc3)n2ccn1-c1ccccc1. The molecule has 0 aliphatic rings. The van der Waals surface area contributed by atoms with E-state index in [4.69, 9.17) is 0 Å². The maximum absolute atomic E-state index is 12.6. The van der Waals surface area contributed by atoms with Crippen LogP contribution in [0.5, 0.6) is 0 Å². The van der Waals surface area contributed by atoms with Crippen molar-refractivity contribution in [2.75, 3.05) is 0 Å². The molecule has 118 valence electrons. The van der Waals surface area contributed by atoms with Crippen LogP contribution in [0, 0.1) is 0 Å². The van der Waals surface area contributed by atoms with Crippen LogP contribution in [-0.4, -0.2) is 19.2 Å². The standard InChI is InChI=1S/C18H14N4OS/c23-17-16-19-20-18(24-13-14-7-3-1-4-8-14)22(16)12-11-21(17)15-9-5-2-6-10-15/h1-12H,13H2. The number of thioether (sulfide) groups is 1. The zero-order chi connectivity index (χ0) is 16.4. The second-order valence-corrected chi connectivity index (χ2v) is 6.20. The summed E-state index contributed by atoms with van der Waals surface area (Å²) in [5.41, 5.74) is 2.17. The van der Waals surface area contributed by atoms with E-state index >= 15 is 0 Å². The molecule has 0 spiro atoms. The van der Waals surface area contributed by atoms with E-state index in [1.807, 2.05) is 54.7 Å². The first kappa shape index (κ1) is 14.7. The van der Waals surface area contributed by atoms with Crippen molar-refractivity contribution in [1.82, 2.24) is 19.2 Å². The minimum atomic E-state index is -0.178. The molecule has 0 bridgehead atoms. The highest BCUT2D eigenvalue weighted by Gasteiger charge is 2.11. The maximum Gasteiger partial charge on any atom is 0.300 e. The van der Waals surface area contributed by atoms with Crippen LogP contribution in [-0.2, 0) is 5.75 Å². The van der Waals surface area contributed by atoms with Gasteiger partial charge < -0.3 is 0 Å². The first-order chi connectivity index (χ1) is 11.8. The Labute approximate surface area is 142 Å². The third-order valence-corrected chi connectivity index (χ3v) is 4.70. The van der Waals surface area contributed by atoms with Crippen LogP contribution in [0.15, 0.2) is 83.0 Å². The Morgan fingerprint density at radius 3 is 2.33 bits per heavy atom. The monoisotopic (exact) mass is 334 g/mol. The lowest BCUT2D eigenvalue weighted by Gasteiger charge is -2.06. The van der Waals surface area contributed by atoms with Gasteiger partial charge in [-0.3, -0.25) is 13.8 Å². The zero-order valence-electron chi connectivity index (χ0n) is 12.7. The molecule has 0 aliphatic heterocycles. The Hall–Kier alpha value is -2.86. The van der Waals surface area contributed by atoms with Crippen LogP contribution in [0.3, 0.4) is 0 Å². The van der Waals surface area contributed by atoms with Gasteiger partial charge in [-0.05, 0) is 17.7 Å². The lowest BCUT2D eigenvalue weighted by atomic mass is 10.2. The predicted molar refractivity (Wildman–Crippen MR) is 94.6 cm³/mol. The Bertz CT molecular complexity index is 1030. The molecule has 0 fully saturated rings. The molecule has 0 amide bonds. The van der Waals surface area contributed by atoms with E-state index in [0.717, 1.165) is 11.4 Å². The van der Waals surface area contributed by atoms with Crippen molar-refractivity contribution in [2.24, 2.45) is 0 Å². The second kappa shape index (κ2) is 6.33. The molecular formula is C18H14N4OS. The number of benzene rings is 2. The Kier molecular flexibility index (Phi) is 3.88. The molecule has 0 unspecified atom stereocenters. The summed E-state index contributed by atoms with van der Waals surface area (Å²) in [6.45, 7) is 0. The largest absolute Gasteiger partial charge is 0.300 e. The molecule has 0 aliphatic carbocycles. The van der Waals surface area contributed by atoms with E-state index in [1.54, 1.807) is 26.9 Å². The number of para-hydroxylation sites is 1. The third kappa shape index (κ3) is 2.72. The lowest BCUT2D eigenvalue weighted by Crippen LogP contribution is -2.20. The quantitative estimate of drug-likeness (QED) is 0.538. The summed E-state index contributed by atoms with van der Waals surface area (Å²) < 4.78 is 3.32. The molecule has 0 atom stereocenters. The highest BCUT2D eigenvalue weighted by Crippen LogP contribution is 2.20. The van der Waals surface area contributed by atoms with Crippen molar-refractivity contribution >= 4 is 17.4 Å². The normalized spacial score (nSPS) is 11.0. The molecule has 24 heavy (non-hydrogen) atoms. The summed E-state index contributed by atoms with van der Waals surface area (Å²) in [7, 11) is 0. The van der Waals surface area contributed by atoms with Gasteiger partial charge in [0.1, 0.15) is 0 Å². The van der Waals surface area contributed by atoms with Crippen molar-refractivity contribution in [1.29, 1.82) is 0 Å². The predicted octanol–water partition coefficient (Wildman–Crippen LogP) is 3.17. The van der Waals surface area contributed by atoms with E-state index in [1.165, 1.54) is 5.56 Å². The van der Waals surface area contributed by atoms with E-state index < -0.39 is 0 Å². The van der Waals surface area contributed by atoms with Gasteiger partial charge in [-0.2, -0.15) is 0 Å². The fourth-order valence-electron chi connectivity index (χ4n) is 2.48. The number of hydrogen-bond acceptors (Lipinski definition) is 4. The number of rotatable bonds is 4. The number of fused-ring (bicyclic) bond motifs is 1. The summed E-state index contributed by atoms with van der Waals surface area (Å²) in [5, 5.41) is 8.96. The minimum absolute atomic E-state index is 0.178. The van der Waals surface area contributed by atoms with Crippen LogP contribution in [0.25, 0.3) is 11.3 Å². The van der Waals surface area contributed by atoms with Crippen molar-refractivity contribution < 1.29 is 0 Å². The van der Waals surface area contributed by atoms with Gasteiger partial charge in [0.2, 0.25) is 5.65 Å². The Morgan fingerprint density at radius 1 is 0.875 bits per heavy atom. The molecule has 4 rings (SSSR count). The van der Waals surface area contributed by atoms with E-state index in [-0.39, 0.29) is 5.56 Å². The third-order valence-electron chi connectivity index (χ3n) is 3.68. The minimum Gasteiger partial charge on any atom is -0.280 e. The van der Waals surface area contributed by atoms with E-state index in [2.05, 4.69) is 22.3 Å². The summed E-state index contributed by atoms with van der Waals surface area (Å²) >= 11 is 1.56. The molecular weight excluding hydrogens is 320 g/mol. The molecule has 0 saturated carbocycles. The Balaban J connectivity index is 1.68. The van der Waals surface area contributed by atoms with Gasteiger partial charge >= 0.3 is 5.56 Å². The molecule has 0 N–H and O–H groups in total. The molecule has 6 heteroatoms. The maximum atomic E-state index is 12.6. The van der Waals surface area contributed by atoms with Gasteiger partial charge in [0.25, 0.3) is 0 Å². The van der Waals surface area contributed by atoms with Gasteiger partial charge in [-0.1, -0.05) is 60.3 Å². The van der Waals surface area contributed by atoms with Gasteiger partial charge in [-0.25, -0.2) is 0 Å². The average Bonchev–Trinajstić information content (AvgIpc) is 3.06. The van der Waals surface area contributed by atoms with Crippen molar-refractivity contribution in [2.45, 2.75) is 10.9 Å². The van der Waals surface area contributed by atoms with Gasteiger partial charge in [0, 0.05) is 23.8 Å². The second-order valence-electron chi connectivity index (χ2n) is 5.26. The van der Waals surface area contributed by atoms with Crippen LogP contribution in [0.1, 0.15) is 5.56 Å². The fraction of sp³-hybridized carbons (Fsp3) is 0.0556. The number of aromatic nitrogens is 4. The summed E-state index contributed by atoms with van der Waals surface area (Å²) in [6.07, 6.45) is 3.58. The van der Waals surface area contributed by atoms with Crippen molar-refractivity contribution in [3.63, 3.8) is 0 Å². The molecule has 5 nitrogen and oxygen atoms in total. The van der Waals surface area contributed by atoms with Crippen LogP contribution < -0.4 is 5.56 Å². The lowest BCUT2D eigenvalue weighted by molar-refractivity contribution is 0.893. The highest BCUT2D eigenvalue weighted by atomic mass is 32.2. The molecule has 2 heterocycles. The first-order valence-corrected chi connectivity index (χ1v) is 8.50. The van der Waals surface area contributed by atoms with Crippen molar-refractivity contribution in [3.8, 4) is 5.69 Å². The van der Waals surface area contributed by atoms with Crippen LogP contribution in [0.2, 0.25) is 0 Å². The highest BCUT2D eigenvalue weighted by molar-refractivity contribution is 7.98. The Morgan fingerprint density at radius 2 is 1.58 bits per heavy atom. The molecule has 2 aromatic carbocycles. The zero-order valence-corrected chi connectivity index (χ0v) is 13.6. The van der Waals surface area contributed by atoms with Gasteiger partial charge in [-0.15, -0.1) is 10.2 Å². The first-order valence-electron chi connectivity index (χ1n) is 7.51. The fourth-order valence-corrected chi connectivity index (χ4v) is 3.35. The average molecular weight is 334 g/mol. The van der Waals surface area contributed by atoms with Crippen LogP contribution >= 0.6 is 11.8 Å². The molecule has 4 aromatic rings. The molecule has 0 radical (unpaired) electrons. The smallest absolute Gasteiger partial charge is 0.280 e. The summed E-state index contributed by atoms with van der Waals surface area (Å²) in [4.78, 5) is 12.6. The van der Waals surface area contributed by atoms with Crippen molar-refractivity contribution in [3.05, 3.63) is 89.0 Å².